The van der Waals surface area contributed by atoms with Gasteiger partial charge in [-0.3, -0.25) is 9.59 Å². The molecule has 0 amide bonds. The fourth-order valence-electron chi connectivity index (χ4n) is 2.11. The number of rotatable bonds is 5. The molecule has 94 valence electrons. The van der Waals surface area contributed by atoms with E-state index < -0.39 is 22.8 Å². The van der Waals surface area contributed by atoms with Crippen molar-refractivity contribution in [1.82, 2.24) is 0 Å². The van der Waals surface area contributed by atoms with Crippen molar-refractivity contribution in [3.05, 3.63) is 18.4 Å². The van der Waals surface area contributed by atoms with Crippen LogP contribution in [-0.4, -0.2) is 25.2 Å². The molecule has 4 heteroatoms. The lowest BCUT2D eigenvalue weighted by Crippen LogP contribution is -2.34. The summed E-state index contributed by atoms with van der Waals surface area (Å²) in [6, 6.07) is 0. The minimum atomic E-state index is -1.20. The molecule has 1 saturated carbocycles. The summed E-state index contributed by atoms with van der Waals surface area (Å²) in [5.74, 6) is -1.04. The zero-order valence-corrected chi connectivity index (χ0v) is 10.5. The van der Waals surface area contributed by atoms with Gasteiger partial charge in [0, 0.05) is 5.41 Å². The van der Waals surface area contributed by atoms with E-state index in [0.29, 0.717) is 6.42 Å². The highest BCUT2D eigenvalue weighted by atomic mass is 16.6. The highest BCUT2D eigenvalue weighted by Crippen LogP contribution is 2.65. The van der Waals surface area contributed by atoms with Crippen LogP contribution in [0, 0.1) is 10.8 Å². The molecule has 0 aromatic heterocycles. The van der Waals surface area contributed by atoms with Gasteiger partial charge in [0.1, 0.15) is 0 Å². The van der Waals surface area contributed by atoms with E-state index in [0.717, 1.165) is 0 Å². The van der Waals surface area contributed by atoms with Gasteiger partial charge in [-0.05, 0) is 26.3 Å². The number of allylic oxidation sites excluding steroid dienone is 1. The van der Waals surface area contributed by atoms with E-state index in [-0.39, 0.29) is 13.2 Å². The van der Waals surface area contributed by atoms with Crippen molar-refractivity contribution in [2.24, 2.45) is 10.8 Å². The molecule has 1 rings (SSSR count). The Morgan fingerprint density at radius 1 is 1.29 bits per heavy atom. The topological polar surface area (TPSA) is 52.6 Å². The summed E-state index contributed by atoms with van der Waals surface area (Å²) in [5.41, 5.74) is 0.834. The summed E-state index contributed by atoms with van der Waals surface area (Å²) in [4.78, 5) is 23.9. The molecule has 0 aliphatic heterocycles. The van der Waals surface area contributed by atoms with E-state index in [4.69, 9.17) is 9.47 Å². The molecule has 1 fully saturated rings. The zero-order chi connectivity index (χ0) is 13.1. The standard InChI is InChI=1S/C13H18O4/c1-5-8-12(4)9-13(12,10(14)16-6-2)11(15)17-7-3/h8H,1,6-7,9H2,2-4H3. The molecule has 4 nitrogen and oxygen atoms in total. The predicted octanol–water partition coefficient (Wildman–Crippen LogP) is 1.85. The summed E-state index contributed by atoms with van der Waals surface area (Å²) in [5, 5.41) is 0. The monoisotopic (exact) mass is 238 g/mol. The highest BCUT2D eigenvalue weighted by Gasteiger charge is 2.75. The van der Waals surface area contributed by atoms with Crippen LogP contribution in [0.5, 0.6) is 0 Å². The lowest BCUT2D eigenvalue weighted by atomic mass is 9.94. The Hall–Kier alpha value is -1.54. The second kappa shape index (κ2) is 4.76. The molecule has 0 spiro atoms. The molecule has 0 aromatic rings. The maximum absolute atomic E-state index is 11.9. The third-order valence-electron chi connectivity index (χ3n) is 3.15. The largest absolute Gasteiger partial charge is 0.465 e. The van der Waals surface area contributed by atoms with Gasteiger partial charge in [0.05, 0.1) is 13.2 Å². The van der Waals surface area contributed by atoms with E-state index in [1.54, 1.807) is 26.8 Å². The number of hydrogen-bond donors (Lipinski definition) is 0. The molecule has 1 unspecified atom stereocenters. The minimum Gasteiger partial charge on any atom is -0.465 e. The van der Waals surface area contributed by atoms with E-state index in [1.165, 1.54) is 0 Å². The summed E-state index contributed by atoms with van der Waals surface area (Å²) in [6.07, 6.45) is 2.03. The number of carbonyl (C=O) groups excluding carboxylic acids is 2. The molecule has 1 aliphatic rings. The molecule has 1 atom stereocenters. The molecule has 0 saturated heterocycles. The predicted molar refractivity (Wildman–Crippen MR) is 62.1 cm³/mol. The summed E-state index contributed by atoms with van der Waals surface area (Å²) in [6.45, 7) is 9.19. The Bertz CT molecular complexity index is 361. The van der Waals surface area contributed by atoms with Crippen LogP contribution < -0.4 is 0 Å². The lowest BCUT2D eigenvalue weighted by Gasteiger charge is -2.17. The number of hydrogen-bond acceptors (Lipinski definition) is 4. The van der Waals surface area contributed by atoms with E-state index in [9.17, 15) is 9.59 Å². The Morgan fingerprint density at radius 3 is 2.12 bits per heavy atom. The van der Waals surface area contributed by atoms with Gasteiger partial charge in [0.25, 0.3) is 0 Å². The first-order valence-corrected chi connectivity index (χ1v) is 5.70. The van der Waals surface area contributed by atoms with Crippen LogP contribution in [0.2, 0.25) is 0 Å². The fraction of sp³-hybridized carbons (Fsp3) is 0.615. The van der Waals surface area contributed by atoms with Crippen LogP contribution in [0.4, 0.5) is 0 Å². The van der Waals surface area contributed by atoms with Crippen molar-refractivity contribution in [2.75, 3.05) is 13.2 Å². The highest BCUT2D eigenvalue weighted by molar-refractivity contribution is 6.05. The van der Waals surface area contributed by atoms with Gasteiger partial charge >= 0.3 is 11.9 Å². The van der Waals surface area contributed by atoms with Crippen molar-refractivity contribution in [2.45, 2.75) is 27.2 Å². The Kier molecular flexibility index (Phi) is 3.79. The van der Waals surface area contributed by atoms with Crippen LogP contribution >= 0.6 is 0 Å². The Labute approximate surface area is 101 Å². The van der Waals surface area contributed by atoms with Gasteiger partial charge in [-0.25, -0.2) is 0 Å². The molecule has 0 radical (unpaired) electrons. The zero-order valence-electron chi connectivity index (χ0n) is 10.5. The average molecular weight is 238 g/mol. The van der Waals surface area contributed by atoms with Crippen LogP contribution in [0.1, 0.15) is 27.2 Å². The fourth-order valence-corrected chi connectivity index (χ4v) is 2.11. The maximum atomic E-state index is 11.9. The lowest BCUT2D eigenvalue weighted by molar-refractivity contribution is -0.165. The molecular formula is C13H18O4. The quantitative estimate of drug-likeness (QED) is 0.416. The SMILES string of the molecule is C=C=CC1(C)CC1(C(=O)OCC)C(=O)OCC. The first-order chi connectivity index (χ1) is 7.98. The van der Waals surface area contributed by atoms with E-state index in [2.05, 4.69) is 12.3 Å². The van der Waals surface area contributed by atoms with Crippen molar-refractivity contribution in [1.29, 1.82) is 0 Å². The summed E-state index contributed by atoms with van der Waals surface area (Å²) in [7, 11) is 0. The normalized spacial score (nSPS) is 24.4. The van der Waals surface area contributed by atoms with E-state index >= 15 is 0 Å². The molecule has 0 N–H and O–H groups in total. The third kappa shape index (κ3) is 2.01. The Balaban J connectivity index is 3.02. The van der Waals surface area contributed by atoms with Crippen LogP contribution in [0.25, 0.3) is 0 Å². The van der Waals surface area contributed by atoms with Gasteiger partial charge in [0.2, 0.25) is 0 Å². The van der Waals surface area contributed by atoms with Crippen LogP contribution in [0.3, 0.4) is 0 Å². The molecule has 0 bridgehead atoms. The Morgan fingerprint density at radius 2 is 1.76 bits per heavy atom. The average Bonchev–Trinajstić information content (AvgIpc) is 2.87. The summed E-state index contributed by atoms with van der Waals surface area (Å²) < 4.78 is 9.94. The first kappa shape index (κ1) is 13.5. The van der Waals surface area contributed by atoms with E-state index in [1.807, 2.05) is 0 Å². The van der Waals surface area contributed by atoms with Crippen LogP contribution in [0.15, 0.2) is 18.4 Å². The number of ether oxygens (including phenoxy) is 2. The van der Waals surface area contributed by atoms with Crippen LogP contribution in [-0.2, 0) is 19.1 Å². The van der Waals surface area contributed by atoms with Gasteiger partial charge in [-0.15, -0.1) is 5.73 Å². The molecule has 1 aliphatic carbocycles. The molecular weight excluding hydrogens is 220 g/mol. The van der Waals surface area contributed by atoms with Crippen molar-refractivity contribution >= 4 is 11.9 Å². The first-order valence-electron chi connectivity index (χ1n) is 5.70. The van der Waals surface area contributed by atoms with Gasteiger partial charge < -0.3 is 9.47 Å². The van der Waals surface area contributed by atoms with Gasteiger partial charge in [-0.2, -0.15) is 0 Å². The van der Waals surface area contributed by atoms with Gasteiger partial charge in [0.15, 0.2) is 5.41 Å². The number of esters is 2. The molecule has 17 heavy (non-hydrogen) atoms. The van der Waals surface area contributed by atoms with Gasteiger partial charge in [-0.1, -0.05) is 13.5 Å². The summed E-state index contributed by atoms with van der Waals surface area (Å²) >= 11 is 0. The third-order valence-corrected chi connectivity index (χ3v) is 3.15. The second-order valence-electron chi connectivity index (χ2n) is 4.29. The van der Waals surface area contributed by atoms with Crippen molar-refractivity contribution in [3.63, 3.8) is 0 Å². The minimum absolute atomic E-state index is 0.244. The molecule has 0 aromatic carbocycles. The second-order valence-corrected chi connectivity index (χ2v) is 4.29. The molecule has 0 heterocycles. The number of carbonyl (C=O) groups is 2. The van der Waals surface area contributed by atoms with Crippen molar-refractivity contribution in [3.8, 4) is 0 Å². The maximum Gasteiger partial charge on any atom is 0.324 e. The smallest absolute Gasteiger partial charge is 0.324 e. The van der Waals surface area contributed by atoms with Crippen molar-refractivity contribution < 1.29 is 19.1 Å².